The summed E-state index contributed by atoms with van der Waals surface area (Å²) in [6, 6.07) is 0.334. The van der Waals surface area contributed by atoms with Gasteiger partial charge in [0.1, 0.15) is 0 Å². The normalized spacial score (nSPS) is 26.0. The molecule has 0 unspecified atom stereocenters. The van der Waals surface area contributed by atoms with Crippen molar-refractivity contribution in [3.63, 3.8) is 0 Å². The van der Waals surface area contributed by atoms with Crippen LogP contribution in [-0.4, -0.2) is 37.0 Å². The van der Waals surface area contributed by atoms with E-state index in [9.17, 15) is 5.11 Å². The van der Waals surface area contributed by atoms with Gasteiger partial charge in [0, 0.05) is 19.3 Å². The molecule has 0 spiro atoms. The minimum Gasteiger partial charge on any atom is -0.392 e. The summed E-state index contributed by atoms with van der Waals surface area (Å²) < 4.78 is 5.46. The Morgan fingerprint density at radius 2 is 2.07 bits per heavy atom. The predicted molar refractivity (Wildman–Crippen MR) is 62.0 cm³/mol. The first-order chi connectivity index (χ1) is 7.34. The van der Waals surface area contributed by atoms with Gasteiger partial charge in [0.15, 0.2) is 0 Å². The molecule has 0 radical (unpaired) electrons. The first-order valence-corrected chi connectivity index (χ1v) is 6.33. The largest absolute Gasteiger partial charge is 0.392 e. The second-order valence-corrected chi connectivity index (χ2v) is 4.38. The topological polar surface area (TPSA) is 41.5 Å². The number of rotatable bonds is 8. The van der Waals surface area contributed by atoms with Gasteiger partial charge in [-0.15, -0.1) is 0 Å². The molecule has 1 aliphatic rings. The lowest BCUT2D eigenvalue weighted by atomic mass is 10.2. The molecule has 3 nitrogen and oxygen atoms in total. The molecule has 0 saturated heterocycles. The van der Waals surface area contributed by atoms with E-state index in [1.807, 2.05) is 0 Å². The molecule has 1 rings (SSSR count). The van der Waals surface area contributed by atoms with E-state index in [1.165, 1.54) is 6.42 Å². The van der Waals surface area contributed by atoms with Crippen LogP contribution < -0.4 is 5.32 Å². The molecule has 1 aliphatic carbocycles. The molecule has 90 valence electrons. The van der Waals surface area contributed by atoms with Crippen molar-refractivity contribution in [1.82, 2.24) is 5.32 Å². The molecule has 1 fully saturated rings. The quantitative estimate of drug-likeness (QED) is 0.606. The fraction of sp³-hybridized carbons (Fsp3) is 1.00. The standard InChI is InChI=1S/C12H25NO2/c1-2-3-9-15-10-5-8-13-11-6-4-7-12(11)14/h11-14H,2-10H2,1H3/t11-,12-/m1/s1. The van der Waals surface area contributed by atoms with E-state index in [4.69, 9.17) is 4.74 Å². The summed E-state index contributed by atoms with van der Waals surface area (Å²) in [5.41, 5.74) is 0. The molecule has 0 aliphatic heterocycles. The van der Waals surface area contributed by atoms with Crippen molar-refractivity contribution in [2.75, 3.05) is 19.8 Å². The lowest BCUT2D eigenvalue weighted by Gasteiger charge is -2.16. The number of aliphatic hydroxyl groups is 1. The van der Waals surface area contributed by atoms with E-state index in [1.54, 1.807) is 0 Å². The molecule has 0 aromatic carbocycles. The Bertz CT molecular complexity index is 153. The number of hydrogen-bond donors (Lipinski definition) is 2. The van der Waals surface area contributed by atoms with Crippen LogP contribution in [0.1, 0.15) is 45.4 Å². The third-order valence-electron chi connectivity index (χ3n) is 2.99. The molecular formula is C12H25NO2. The monoisotopic (exact) mass is 215 g/mol. The average Bonchev–Trinajstić information content (AvgIpc) is 2.63. The summed E-state index contributed by atoms with van der Waals surface area (Å²) in [6.07, 6.45) is 6.54. The van der Waals surface area contributed by atoms with Gasteiger partial charge in [-0.2, -0.15) is 0 Å². The fourth-order valence-corrected chi connectivity index (χ4v) is 1.99. The summed E-state index contributed by atoms with van der Waals surface area (Å²) >= 11 is 0. The van der Waals surface area contributed by atoms with Gasteiger partial charge in [-0.25, -0.2) is 0 Å². The zero-order chi connectivity index (χ0) is 10.9. The maximum atomic E-state index is 9.57. The molecule has 15 heavy (non-hydrogen) atoms. The van der Waals surface area contributed by atoms with Crippen LogP contribution in [0.5, 0.6) is 0 Å². The third-order valence-corrected chi connectivity index (χ3v) is 2.99. The summed E-state index contributed by atoms with van der Waals surface area (Å²) in [5, 5.41) is 13.0. The van der Waals surface area contributed by atoms with Gasteiger partial charge in [-0.05, 0) is 38.6 Å². The highest BCUT2D eigenvalue weighted by molar-refractivity contribution is 4.82. The van der Waals surface area contributed by atoms with Crippen molar-refractivity contribution in [3.8, 4) is 0 Å². The lowest BCUT2D eigenvalue weighted by Crippen LogP contribution is -2.36. The number of aliphatic hydroxyl groups excluding tert-OH is 1. The zero-order valence-electron chi connectivity index (χ0n) is 9.87. The second kappa shape index (κ2) is 8.08. The number of ether oxygens (including phenoxy) is 1. The van der Waals surface area contributed by atoms with Crippen molar-refractivity contribution < 1.29 is 9.84 Å². The van der Waals surface area contributed by atoms with Crippen LogP contribution in [0.15, 0.2) is 0 Å². The van der Waals surface area contributed by atoms with Crippen molar-refractivity contribution in [2.24, 2.45) is 0 Å². The van der Waals surface area contributed by atoms with Crippen LogP contribution >= 0.6 is 0 Å². The van der Waals surface area contributed by atoms with Gasteiger partial charge in [0.05, 0.1) is 6.10 Å². The molecule has 1 saturated carbocycles. The first-order valence-electron chi connectivity index (χ1n) is 6.33. The van der Waals surface area contributed by atoms with E-state index >= 15 is 0 Å². The van der Waals surface area contributed by atoms with Crippen LogP contribution in [0.3, 0.4) is 0 Å². The van der Waals surface area contributed by atoms with E-state index in [-0.39, 0.29) is 6.10 Å². The highest BCUT2D eigenvalue weighted by Gasteiger charge is 2.23. The van der Waals surface area contributed by atoms with Crippen molar-refractivity contribution in [2.45, 2.75) is 57.6 Å². The van der Waals surface area contributed by atoms with Crippen molar-refractivity contribution in [3.05, 3.63) is 0 Å². The summed E-state index contributed by atoms with van der Waals surface area (Å²) in [7, 11) is 0. The third kappa shape index (κ3) is 5.50. The zero-order valence-corrected chi connectivity index (χ0v) is 9.87. The minimum absolute atomic E-state index is 0.119. The molecule has 2 atom stereocenters. The van der Waals surface area contributed by atoms with E-state index in [0.29, 0.717) is 6.04 Å². The van der Waals surface area contributed by atoms with Crippen molar-refractivity contribution >= 4 is 0 Å². The molecule has 2 N–H and O–H groups in total. The Morgan fingerprint density at radius 3 is 2.73 bits per heavy atom. The fourth-order valence-electron chi connectivity index (χ4n) is 1.99. The SMILES string of the molecule is CCCCOCCCN[C@@H]1CCC[C@H]1O. The first kappa shape index (κ1) is 12.9. The summed E-state index contributed by atoms with van der Waals surface area (Å²) in [5.74, 6) is 0. The van der Waals surface area contributed by atoms with E-state index < -0.39 is 0 Å². The summed E-state index contributed by atoms with van der Waals surface area (Å²) in [6.45, 7) is 4.87. The Morgan fingerprint density at radius 1 is 1.27 bits per heavy atom. The maximum Gasteiger partial charge on any atom is 0.0693 e. The van der Waals surface area contributed by atoms with Gasteiger partial charge in [0.2, 0.25) is 0 Å². The number of unbranched alkanes of at least 4 members (excludes halogenated alkanes) is 1. The maximum absolute atomic E-state index is 9.57. The number of nitrogens with one attached hydrogen (secondary N) is 1. The molecule has 3 heteroatoms. The van der Waals surface area contributed by atoms with Gasteiger partial charge in [-0.1, -0.05) is 13.3 Å². The van der Waals surface area contributed by atoms with E-state index in [2.05, 4.69) is 12.2 Å². The van der Waals surface area contributed by atoms with Crippen LogP contribution in [-0.2, 0) is 4.74 Å². The Kier molecular flexibility index (Phi) is 6.98. The van der Waals surface area contributed by atoms with Gasteiger partial charge >= 0.3 is 0 Å². The van der Waals surface area contributed by atoms with Crippen LogP contribution in [0.2, 0.25) is 0 Å². The highest BCUT2D eigenvalue weighted by Crippen LogP contribution is 2.18. The average molecular weight is 215 g/mol. The summed E-state index contributed by atoms with van der Waals surface area (Å²) in [4.78, 5) is 0. The predicted octanol–water partition coefficient (Wildman–Crippen LogP) is 1.70. The Labute approximate surface area is 93.2 Å². The number of hydrogen-bond acceptors (Lipinski definition) is 3. The minimum atomic E-state index is -0.119. The lowest BCUT2D eigenvalue weighted by molar-refractivity contribution is 0.122. The highest BCUT2D eigenvalue weighted by atomic mass is 16.5. The molecular weight excluding hydrogens is 190 g/mol. The second-order valence-electron chi connectivity index (χ2n) is 4.38. The van der Waals surface area contributed by atoms with Crippen LogP contribution in [0.4, 0.5) is 0 Å². The van der Waals surface area contributed by atoms with Gasteiger partial charge in [0.25, 0.3) is 0 Å². The van der Waals surface area contributed by atoms with Crippen LogP contribution in [0, 0.1) is 0 Å². The van der Waals surface area contributed by atoms with Crippen LogP contribution in [0.25, 0.3) is 0 Å². The molecule has 0 aromatic heterocycles. The Hall–Kier alpha value is -0.120. The van der Waals surface area contributed by atoms with E-state index in [0.717, 1.165) is 51.9 Å². The van der Waals surface area contributed by atoms with Gasteiger partial charge < -0.3 is 15.2 Å². The molecule has 0 aromatic rings. The molecule has 0 amide bonds. The Balaban J connectivity index is 1.84. The van der Waals surface area contributed by atoms with Gasteiger partial charge in [-0.3, -0.25) is 0 Å². The smallest absolute Gasteiger partial charge is 0.0693 e. The molecule has 0 bridgehead atoms. The van der Waals surface area contributed by atoms with Crippen molar-refractivity contribution in [1.29, 1.82) is 0 Å². The molecule has 0 heterocycles.